The number of aliphatic hydroxyl groups excluding tert-OH is 1. The van der Waals surface area contributed by atoms with Crippen molar-refractivity contribution in [1.82, 2.24) is 0 Å². The molecule has 5 rings (SSSR count). The number of aliphatic imine (C=N–C) groups is 1. The number of hydrogen-bond acceptors (Lipinski definition) is 3. The lowest BCUT2D eigenvalue weighted by Gasteiger charge is -2.10. The summed E-state index contributed by atoms with van der Waals surface area (Å²) in [5.74, 6) is 0.260. The number of phenolic OH excluding ortho intramolecular Hbond substituents is 1. The van der Waals surface area contributed by atoms with Gasteiger partial charge in [-0.15, -0.1) is 0 Å². The SMILES string of the molecule is OCc1ccc(N=C2c3ccccc3-c3c2cccc3-c2ccc(O)cc2)cc1. The van der Waals surface area contributed by atoms with Crippen molar-refractivity contribution in [2.45, 2.75) is 6.61 Å². The molecule has 3 nitrogen and oxygen atoms in total. The lowest BCUT2D eigenvalue weighted by molar-refractivity contribution is 0.282. The van der Waals surface area contributed by atoms with Gasteiger partial charge in [-0.05, 0) is 52.1 Å². The van der Waals surface area contributed by atoms with Gasteiger partial charge in [0.05, 0.1) is 18.0 Å². The van der Waals surface area contributed by atoms with Crippen molar-refractivity contribution >= 4 is 11.4 Å². The molecule has 0 spiro atoms. The minimum Gasteiger partial charge on any atom is -0.508 e. The summed E-state index contributed by atoms with van der Waals surface area (Å²) >= 11 is 0. The van der Waals surface area contributed by atoms with Crippen LogP contribution in [0.25, 0.3) is 22.3 Å². The van der Waals surface area contributed by atoms with Gasteiger partial charge in [-0.2, -0.15) is 0 Å². The highest BCUT2D eigenvalue weighted by Gasteiger charge is 2.27. The number of fused-ring (bicyclic) bond motifs is 3. The summed E-state index contributed by atoms with van der Waals surface area (Å²) in [6.07, 6.45) is 0. The number of rotatable bonds is 3. The second kappa shape index (κ2) is 7.04. The van der Waals surface area contributed by atoms with Crippen LogP contribution in [-0.2, 0) is 6.61 Å². The van der Waals surface area contributed by atoms with Crippen LogP contribution in [-0.4, -0.2) is 15.9 Å². The topological polar surface area (TPSA) is 52.8 Å². The molecule has 140 valence electrons. The third-order valence-corrected chi connectivity index (χ3v) is 5.31. The highest BCUT2D eigenvalue weighted by molar-refractivity contribution is 6.26. The molecule has 1 aliphatic carbocycles. The lowest BCUT2D eigenvalue weighted by Crippen LogP contribution is -1.97. The molecule has 0 unspecified atom stereocenters. The maximum absolute atomic E-state index is 9.66. The summed E-state index contributed by atoms with van der Waals surface area (Å²) in [7, 11) is 0. The molecule has 0 saturated heterocycles. The van der Waals surface area contributed by atoms with Crippen LogP contribution in [0.1, 0.15) is 16.7 Å². The van der Waals surface area contributed by atoms with E-state index in [1.165, 1.54) is 5.56 Å². The van der Waals surface area contributed by atoms with Crippen LogP contribution in [0, 0.1) is 0 Å². The third-order valence-electron chi connectivity index (χ3n) is 5.31. The van der Waals surface area contributed by atoms with Gasteiger partial charge in [-0.25, -0.2) is 4.99 Å². The van der Waals surface area contributed by atoms with Crippen LogP contribution in [0.4, 0.5) is 5.69 Å². The summed E-state index contributed by atoms with van der Waals surface area (Å²) in [5.41, 5.74) is 9.40. The van der Waals surface area contributed by atoms with Crippen molar-refractivity contribution in [2.75, 3.05) is 0 Å². The van der Waals surface area contributed by atoms with Crippen LogP contribution in [0.2, 0.25) is 0 Å². The van der Waals surface area contributed by atoms with Crippen LogP contribution in [0.5, 0.6) is 5.75 Å². The Bertz CT molecular complexity index is 1220. The average molecular weight is 377 g/mol. The van der Waals surface area contributed by atoms with E-state index in [1.54, 1.807) is 12.1 Å². The number of hydrogen-bond donors (Lipinski definition) is 2. The molecule has 0 aromatic heterocycles. The molecule has 2 N–H and O–H groups in total. The minimum absolute atomic E-state index is 0.0263. The van der Waals surface area contributed by atoms with Gasteiger partial charge in [0.1, 0.15) is 5.75 Å². The number of benzene rings is 4. The predicted octanol–water partition coefficient (Wildman–Crippen LogP) is 5.70. The first-order valence-corrected chi connectivity index (χ1v) is 9.55. The molecule has 29 heavy (non-hydrogen) atoms. The average Bonchev–Trinajstić information content (AvgIpc) is 3.09. The Morgan fingerprint density at radius 3 is 2.00 bits per heavy atom. The molecule has 0 bridgehead atoms. The monoisotopic (exact) mass is 377 g/mol. The molecular formula is C26H19NO2. The lowest BCUT2D eigenvalue weighted by atomic mass is 9.94. The molecule has 0 aliphatic heterocycles. The van der Waals surface area contributed by atoms with Crippen molar-refractivity contribution in [3.63, 3.8) is 0 Å². The van der Waals surface area contributed by atoms with E-state index in [2.05, 4.69) is 36.4 Å². The molecule has 0 saturated carbocycles. The van der Waals surface area contributed by atoms with Crippen molar-refractivity contribution in [3.8, 4) is 28.0 Å². The number of phenols is 1. The Morgan fingerprint density at radius 1 is 0.621 bits per heavy atom. The molecule has 0 amide bonds. The van der Waals surface area contributed by atoms with E-state index >= 15 is 0 Å². The zero-order valence-corrected chi connectivity index (χ0v) is 15.7. The van der Waals surface area contributed by atoms with Crippen molar-refractivity contribution in [1.29, 1.82) is 0 Å². The van der Waals surface area contributed by atoms with Gasteiger partial charge in [0, 0.05) is 11.1 Å². The van der Waals surface area contributed by atoms with Gasteiger partial charge in [-0.3, -0.25) is 0 Å². The third kappa shape index (κ3) is 3.02. The van der Waals surface area contributed by atoms with Gasteiger partial charge in [0.25, 0.3) is 0 Å². The van der Waals surface area contributed by atoms with E-state index in [1.807, 2.05) is 42.5 Å². The summed E-state index contributed by atoms with van der Waals surface area (Å²) in [5, 5.41) is 18.9. The second-order valence-electron chi connectivity index (χ2n) is 7.11. The van der Waals surface area contributed by atoms with Crippen molar-refractivity contribution in [3.05, 3.63) is 108 Å². The molecule has 4 aromatic rings. The maximum Gasteiger partial charge on any atom is 0.115 e. The quantitative estimate of drug-likeness (QED) is 0.424. The fourth-order valence-electron chi connectivity index (χ4n) is 3.90. The zero-order chi connectivity index (χ0) is 19.8. The van der Waals surface area contributed by atoms with Gasteiger partial charge >= 0.3 is 0 Å². The highest BCUT2D eigenvalue weighted by Crippen LogP contribution is 2.44. The molecule has 0 fully saturated rings. The largest absolute Gasteiger partial charge is 0.508 e. The summed E-state index contributed by atoms with van der Waals surface area (Å²) in [6, 6.07) is 29.6. The van der Waals surface area contributed by atoms with Gasteiger partial charge in [0.2, 0.25) is 0 Å². The zero-order valence-electron chi connectivity index (χ0n) is 15.7. The molecule has 3 heteroatoms. The Morgan fingerprint density at radius 2 is 1.28 bits per heavy atom. The van der Waals surface area contributed by atoms with Crippen LogP contribution >= 0.6 is 0 Å². The van der Waals surface area contributed by atoms with E-state index in [9.17, 15) is 10.2 Å². The normalized spacial score (nSPS) is 13.3. The molecule has 0 radical (unpaired) electrons. The smallest absolute Gasteiger partial charge is 0.115 e. The first-order valence-electron chi connectivity index (χ1n) is 9.55. The Labute approximate surface area is 169 Å². The van der Waals surface area contributed by atoms with E-state index < -0.39 is 0 Å². The van der Waals surface area contributed by atoms with Crippen molar-refractivity contribution in [2.24, 2.45) is 4.99 Å². The standard InChI is InChI=1S/C26H19NO2/c28-16-17-8-12-19(13-9-17)27-26-23-5-2-1-4-22(23)25-21(6-3-7-24(25)26)18-10-14-20(29)15-11-18/h1-15,28-29H,16H2. The Balaban J connectivity index is 1.72. The van der Waals surface area contributed by atoms with Crippen LogP contribution < -0.4 is 0 Å². The van der Waals surface area contributed by atoms with E-state index in [-0.39, 0.29) is 12.4 Å². The molecular weight excluding hydrogens is 358 g/mol. The van der Waals surface area contributed by atoms with Gasteiger partial charge in [-0.1, -0.05) is 66.7 Å². The van der Waals surface area contributed by atoms with Gasteiger partial charge in [0.15, 0.2) is 0 Å². The first kappa shape index (κ1) is 17.4. The van der Waals surface area contributed by atoms with E-state index in [0.29, 0.717) is 0 Å². The molecule has 0 heterocycles. The number of aliphatic hydroxyl groups is 1. The summed E-state index contributed by atoms with van der Waals surface area (Å²) in [6.45, 7) is 0.0263. The van der Waals surface area contributed by atoms with E-state index in [4.69, 9.17) is 4.99 Å². The molecule has 0 atom stereocenters. The first-order chi connectivity index (χ1) is 14.2. The number of aromatic hydroxyl groups is 1. The summed E-state index contributed by atoms with van der Waals surface area (Å²) in [4.78, 5) is 4.96. The van der Waals surface area contributed by atoms with Crippen LogP contribution in [0.3, 0.4) is 0 Å². The van der Waals surface area contributed by atoms with E-state index in [0.717, 1.165) is 44.8 Å². The van der Waals surface area contributed by atoms with Crippen LogP contribution in [0.15, 0.2) is 96.0 Å². The minimum atomic E-state index is 0.0263. The second-order valence-corrected chi connectivity index (χ2v) is 7.11. The Hall–Kier alpha value is -3.69. The maximum atomic E-state index is 9.66. The fraction of sp³-hybridized carbons (Fsp3) is 0.0385. The Kier molecular flexibility index (Phi) is 4.23. The summed E-state index contributed by atoms with van der Waals surface area (Å²) < 4.78 is 0. The molecule has 1 aliphatic rings. The van der Waals surface area contributed by atoms with Gasteiger partial charge < -0.3 is 10.2 Å². The fourth-order valence-corrected chi connectivity index (χ4v) is 3.90. The molecule has 4 aromatic carbocycles. The highest BCUT2D eigenvalue weighted by atomic mass is 16.3. The predicted molar refractivity (Wildman–Crippen MR) is 117 cm³/mol. The van der Waals surface area contributed by atoms with Crippen molar-refractivity contribution < 1.29 is 10.2 Å². The number of nitrogens with zero attached hydrogens (tertiary/aromatic N) is 1.